The molecule has 2 heterocycles. The summed E-state index contributed by atoms with van der Waals surface area (Å²) in [5, 5.41) is 5.88. The Kier molecular flexibility index (Phi) is 3.62. The first-order valence-corrected chi connectivity index (χ1v) is 8.98. The fraction of sp³-hybridized carbons (Fsp3) is 0.389. The zero-order valence-electron chi connectivity index (χ0n) is 12.9. The Morgan fingerprint density at radius 2 is 1.91 bits per heavy atom. The second kappa shape index (κ2) is 5.76. The van der Waals surface area contributed by atoms with Crippen LogP contribution in [0.5, 0.6) is 0 Å². The van der Waals surface area contributed by atoms with E-state index in [-0.39, 0.29) is 0 Å². The SMILES string of the molecule is Cc1ccc(-c2nc3sccn3c2NC2CCCCC2)cc1. The summed E-state index contributed by atoms with van der Waals surface area (Å²) in [6, 6.07) is 9.25. The van der Waals surface area contributed by atoms with Gasteiger partial charge in [0, 0.05) is 23.2 Å². The van der Waals surface area contributed by atoms with E-state index in [1.807, 2.05) is 0 Å². The zero-order chi connectivity index (χ0) is 14.9. The normalized spacial score (nSPS) is 16.2. The summed E-state index contributed by atoms with van der Waals surface area (Å²) >= 11 is 1.69. The summed E-state index contributed by atoms with van der Waals surface area (Å²) in [6.45, 7) is 2.12. The molecule has 1 aliphatic carbocycles. The molecule has 1 fully saturated rings. The molecule has 1 N–H and O–H groups in total. The highest BCUT2D eigenvalue weighted by molar-refractivity contribution is 7.15. The van der Waals surface area contributed by atoms with E-state index in [1.54, 1.807) is 11.3 Å². The van der Waals surface area contributed by atoms with E-state index in [1.165, 1.54) is 43.2 Å². The van der Waals surface area contributed by atoms with Crippen molar-refractivity contribution in [3.63, 3.8) is 0 Å². The van der Waals surface area contributed by atoms with Crippen molar-refractivity contribution in [1.29, 1.82) is 0 Å². The molecular weight excluding hydrogens is 290 g/mol. The van der Waals surface area contributed by atoms with Gasteiger partial charge in [-0.25, -0.2) is 4.98 Å². The van der Waals surface area contributed by atoms with Crippen molar-refractivity contribution in [1.82, 2.24) is 9.38 Å². The van der Waals surface area contributed by atoms with Crippen LogP contribution in [0.15, 0.2) is 35.8 Å². The van der Waals surface area contributed by atoms with E-state index in [9.17, 15) is 0 Å². The molecule has 0 atom stereocenters. The van der Waals surface area contributed by atoms with Crippen LogP contribution in [0, 0.1) is 6.92 Å². The lowest BCUT2D eigenvalue weighted by atomic mass is 9.95. The number of hydrogen-bond donors (Lipinski definition) is 1. The highest BCUT2D eigenvalue weighted by Gasteiger charge is 2.19. The van der Waals surface area contributed by atoms with Crippen LogP contribution in [-0.2, 0) is 0 Å². The first kappa shape index (κ1) is 13.8. The van der Waals surface area contributed by atoms with Gasteiger partial charge in [-0.15, -0.1) is 11.3 Å². The van der Waals surface area contributed by atoms with E-state index in [4.69, 9.17) is 4.98 Å². The Morgan fingerprint density at radius 1 is 1.14 bits per heavy atom. The molecule has 0 amide bonds. The molecule has 4 rings (SSSR count). The van der Waals surface area contributed by atoms with Crippen LogP contribution in [0.3, 0.4) is 0 Å². The van der Waals surface area contributed by atoms with Gasteiger partial charge < -0.3 is 5.32 Å². The molecule has 0 unspecified atom stereocenters. The minimum Gasteiger partial charge on any atom is -0.367 e. The van der Waals surface area contributed by atoms with E-state index in [0.29, 0.717) is 6.04 Å². The zero-order valence-corrected chi connectivity index (χ0v) is 13.7. The third kappa shape index (κ3) is 2.52. The van der Waals surface area contributed by atoms with Crippen LogP contribution in [0.25, 0.3) is 16.2 Å². The minimum absolute atomic E-state index is 0.581. The molecule has 1 aliphatic rings. The molecule has 3 aromatic rings. The number of nitrogens with one attached hydrogen (secondary N) is 1. The molecule has 114 valence electrons. The van der Waals surface area contributed by atoms with E-state index in [0.717, 1.165) is 16.5 Å². The van der Waals surface area contributed by atoms with Crippen LogP contribution in [0.4, 0.5) is 5.82 Å². The number of aryl methyl sites for hydroxylation is 1. The van der Waals surface area contributed by atoms with Crippen molar-refractivity contribution in [2.75, 3.05) is 5.32 Å². The lowest BCUT2D eigenvalue weighted by Gasteiger charge is -2.24. The first-order valence-electron chi connectivity index (χ1n) is 8.10. The molecular formula is C18H21N3S. The maximum Gasteiger partial charge on any atom is 0.195 e. The van der Waals surface area contributed by atoms with Crippen LogP contribution in [-0.4, -0.2) is 15.4 Å². The minimum atomic E-state index is 0.581. The Bertz CT molecular complexity index is 763. The van der Waals surface area contributed by atoms with Crippen molar-refractivity contribution in [3.05, 3.63) is 41.4 Å². The van der Waals surface area contributed by atoms with Gasteiger partial charge in [0.15, 0.2) is 4.96 Å². The molecule has 4 heteroatoms. The molecule has 3 nitrogen and oxygen atoms in total. The smallest absolute Gasteiger partial charge is 0.195 e. The third-order valence-corrected chi connectivity index (χ3v) is 5.29. The number of aromatic nitrogens is 2. The lowest BCUT2D eigenvalue weighted by molar-refractivity contribution is 0.462. The highest BCUT2D eigenvalue weighted by Crippen LogP contribution is 2.33. The van der Waals surface area contributed by atoms with Gasteiger partial charge in [-0.2, -0.15) is 0 Å². The quantitative estimate of drug-likeness (QED) is 0.728. The Labute approximate surface area is 135 Å². The van der Waals surface area contributed by atoms with Gasteiger partial charge in [-0.1, -0.05) is 49.1 Å². The Hall–Kier alpha value is -1.81. The van der Waals surface area contributed by atoms with Crippen LogP contribution < -0.4 is 5.32 Å². The number of anilines is 1. The van der Waals surface area contributed by atoms with Crippen LogP contribution >= 0.6 is 11.3 Å². The van der Waals surface area contributed by atoms with Crippen molar-refractivity contribution in [3.8, 4) is 11.3 Å². The number of thiazole rings is 1. The van der Waals surface area contributed by atoms with Gasteiger partial charge in [0.2, 0.25) is 0 Å². The molecule has 0 saturated heterocycles. The predicted molar refractivity (Wildman–Crippen MR) is 93.7 cm³/mol. The maximum absolute atomic E-state index is 4.86. The summed E-state index contributed by atoms with van der Waals surface area (Å²) in [6.07, 6.45) is 8.71. The summed E-state index contributed by atoms with van der Waals surface area (Å²) in [4.78, 5) is 5.92. The second-order valence-electron chi connectivity index (χ2n) is 6.21. The number of fused-ring (bicyclic) bond motifs is 1. The van der Waals surface area contributed by atoms with Crippen molar-refractivity contribution in [2.24, 2.45) is 0 Å². The largest absolute Gasteiger partial charge is 0.367 e. The van der Waals surface area contributed by atoms with Crippen molar-refractivity contribution >= 4 is 22.1 Å². The molecule has 0 spiro atoms. The molecule has 0 bridgehead atoms. The summed E-state index contributed by atoms with van der Waals surface area (Å²) in [5.74, 6) is 1.16. The Morgan fingerprint density at radius 3 is 2.68 bits per heavy atom. The molecule has 0 radical (unpaired) electrons. The molecule has 1 aromatic carbocycles. The third-order valence-electron chi connectivity index (χ3n) is 4.53. The molecule has 22 heavy (non-hydrogen) atoms. The Balaban J connectivity index is 1.75. The number of imidazole rings is 1. The summed E-state index contributed by atoms with van der Waals surface area (Å²) < 4.78 is 2.20. The van der Waals surface area contributed by atoms with Crippen molar-refractivity contribution < 1.29 is 0 Å². The number of rotatable bonds is 3. The molecule has 2 aromatic heterocycles. The van der Waals surface area contributed by atoms with Gasteiger partial charge in [-0.05, 0) is 19.8 Å². The van der Waals surface area contributed by atoms with Gasteiger partial charge in [-0.3, -0.25) is 4.40 Å². The molecule has 0 aliphatic heterocycles. The fourth-order valence-corrected chi connectivity index (χ4v) is 3.99. The fourth-order valence-electron chi connectivity index (χ4n) is 3.28. The standard InChI is InChI=1S/C18H21N3S/c1-13-7-9-14(10-8-13)16-17(19-15-5-3-2-4-6-15)21-11-12-22-18(21)20-16/h7-12,15,19H,2-6H2,1H3. The van der Waals surface area contributed by atoms with E-state index in [2.05, 4.69) is 52.5 Å². The number of nitrogens with zero attached hydrogens (tertiary/aromatic N) is 2. The van der Waals surface area contributed by atoms with Crippen molar-refractivity contribution in [2.45, 2.75) is 45.1 Å². The predicted octanol–water partition coefficient (Wildman–Crippen LogP) is 5.12. The van der Waals surface area contributed by atoms with Gasteiger partial charge in [0.25, 0.3) is 0 Å². The maximum atomic E-state index is 4.86. The van der Waals surface area contributed by atoms with Crippen LogP contribution in [0.1, 0.15) is 37.7 Å². The molecule has 1 saturated carbocycles. The topological polar surface area (TPSA) is 29.3 Å². The monoisotopic (exact) mass is 311 g/mol. The van der Waals surface area contributed by atoms with Crippen LogP contribution in [0.2, 0.25) is 0 Å². The van der Waals surface area contributed by atoms with E-state index >= 15 is 0 Å². The first-order chi connectivity index (χ1) is 10.8. The average Bonchev–Trinajstić information content (AvgIpc) is 3.12. The van der Waals surface area contributed by atoms with Gasteiger partial charge in [0.1, 0.15) is 11.5 Å². The van der Waals surface area contributed by atoms with Gasteiger partial charge in [0.05, 0.1) is 0 Å². The summed E-state index contributed by atoms with van der Waals surface area (Å²) in [7, 11) is 0. The van der Waals surface area contributed by atoms with E-state index < -0.39 is 0 Å². The second-order valence-corrected chi connectivity index (χ2v) is 7.08. The number of hydrogen-bond acceptors (Lipinski definition) is 3. The lowest BCUT2D eigenvalue weighted by Crippen LogP contribution is -2.23. The number of benzene rings is 1. The highest BCUT2D eigenvalue weighted by atomic mass is 32.1. The average molecular weight is 311 g/mol. The summed E-state index contributed by atoms with van der Waals surface area (Å²) in [5.41, 5.74) is 3.56. The van der Waals surface area contributed by atoms with Gasteiger partial charge >= 0.3 is 0 Å².